The molecule has 4 aromatic heterocycles. The van der Waals surface area contributed by atoms with Crippen LogP contribution >= 0.6 is 0 Å². The zero-order chi connectivity index (χ0) is 19.7. The van der Waals surface area contributed by atoms with E-state index >= 15 is 0 Å². The van der Waals surface area contributed by atoms with Crippen molar-refractivity contribution in [1.29, 1.82) is 5.41 Å². The van der Waals surface area contributed by atoms with E-state index in [4.69, 9.17) is 11.1 Å². The van der Waals surface area contributed by atoms with Crippen molar-refractivity contribution in [2.75, 3.05) is 0 Å². The number of allylic oxidation sites excluding steroid dienone is 1. The Kier molecular flexibility index (Phi) is 4.36. The third-order valence-electron chi connectivity index (χ3n) is 4.38. The minimum atomic E-state index is -0.408. The molecule has 4 aromatic rings. The Morgan fingerprint density at radius 2 is 1.89 bits per heavy atom. The maximum atomic E-state index is 13.5. The summed E-state index contributed by atoms with van der Waals surface area (Å²) in [5, 5.41) is 14.5. The number of hydrogen-bond donors (Lipinski definition) is 3. The SMILES string of the molecule is Cc1nc(/C(N)=C(/C=N)c2ccc3ncc(-c4cn[nH]c4)cc3n2)ccc1F. The number of aromatic amines is 1. The van der Waals surface area contributed by atoms with Gasteiger partial charge in [0.15, 0.2) is 0 Å². The molecule has 4 heterocycles. The monoisotopic (exact) mass is 373 g/mol. The summed E-state index contributed by atoms with van der Waals surface area (Å²) in [4.78, 5) is 13.2. The fourth-order valence-electron chi connectivity index (χ4n) is 2.84. The average Bonchev–Trinajstić information content (AvgIpc) is 3.25. The third-order valence-corrected chi connectivity index (χ3v) is 4.38. The van der Waals surface area contributed by atoms with Crippen LogP contribution in [0, 0.1) is 18.2 Å². The molecule has 4 N–H and O–H groups in total. The Balaban J connectivity index is 1.83. The van der Waals surface area contributed by atoms with Crippen LogP contribution in [0.4, 0.5) is 4.39 Å². The van der Waals surface area contributed by atoms with E-state index in [1.54, 1.807) is 31.6 Å². The van der Waals surface area contributed by atoms with Crippen LogP contribution in [0.15, 0.2) is 48.9 Å². The van der Waals surface area contributed by atoms with E-state index in [0.29, 0.717) is 22.5 Å². The van der Waals surface area contributed by atoms with Crippen LogP contribution in [0.25, 0.3) is 33.4 Å². The van der Waals surface area contributed by atoms with Gasteiger partial charge in [0.25, 0.3) is 0 Å². The molecule has 0 aliphatic carbocycles. The Hall–Kier alpha value is -3.94. The lowest BCUT2D eigenvalue weighted by atomic mass is 10.1. The van der Waals surface area contributed by atoms with Crippen LogP contribution in [0.1, 0.15) is 17.1 Å². The molecule has 28 heavy (non-hydrogen) atoms. The maximum Gasteiger partial charge on any atom is 0.144 e. The second-order valence-electron chi connectivity index (χ2n) is 6.18. The highest BCUT2D eigenvalue weighted by Gasteiger charge is 2.12. The number of nitrogens with zero attached hydrogens (tertiary/aromatic N) is 4. The fourth-order valence-corrected chi connectivity index (χ4v) is 2.84. The number of pyridine rings is 3. The van der Waals surface area contributed by atoms with Gasteiger partial charge in [0, 0.05) is 35.3 Å². The van der Waals surface area contributed by atoms with Gasteiger partial charge in [0.2, 0.25) is 0 Å². The number of hydrogen-bond acceptors (Lipinski definition) is 6. The molecule has 0 fully saturated rings. The van der Waals surface area contributed by atoms with Crippen molar-refractivity contribution in [3.63, 3.8) is 0 Å². The first-order chi connectivity index (χ1) is 13.6. The Morgan fingerprint density at radius 3 is 2.61 bits per heavy atom. The van der Waals surface area contributed by atoms with Crippen LogP contribution in [0.3, 0.4) is 0 Å². The second-order valence-corrected chi connectivity index (χ2v) is 6.18. The minimum absolute atomic E-state index is 0.241. The minimum Gasteiger partial charge on any atom is -0.396 e. The van der Waals surface area contributed by atoms with E-state index in [1.165, 1.54) is 12.1 Å². The highest BCUT2D eigenvalue weighted by Crippen LogP contribution is 2.24. The number of aryl methyl sites for hydroxylation is 1. The predicted octanol–water partition coefficient (Wildman–Crippen LogP) is 3.34. The smallest absolute Gasteiger partial charge is 0.144 e. The quantitative estimate of drug-likeness (QED) is 0.474. The number of aromatic nitrogens is 5. The number of halogens is 1. The summed E-state index contributed by atoms with van der Waals surface area (Å²) in [6.45, 7) is 1.56. The first-order valence-electron chi connectivity index (χ1n) is 8.47. The molecular formula is C20H16FN7. The molecule has 0 aromatic carbocycles. The van der Waals surface area contributed by atoms with Crippen LogP contribution in [-0.2, 0) is 0 Å². The topological polar surface area (TPSA) is 117 Å². The van der Waals surface area contributed by atoms with Gasteiger partial charge in [-0.2, -0.15) is 5.10 Å². The molecule has 0 aliphatic heterocycles. The molecule has 0 bridgehead atoms. The Bertz CT molecular complexity index is 1210. The van der Waals surface area contributed by atoms with Crippen molar-refractivity contribution < 1.29 is 4.39 Å². The second kappa shape index (κ2) is 6.99. The lowest BCUT2D eigenvalue weighted by Crippen LogP contribution is -2.07. The molecular weight excluding hydrogens is 357 g/mol. The Labute approximate surface area is 159 Å². The van der Waals surface area contributed by atoms with E-state index in [2.05, 4.69) is 25.1 Å². The first kappa shape index (κ1) is 17.5. The van der Waals surface area contributed by atoms with E-state index in [-0.39, 0.29) is 11.4 Å². The number of nitrogens with one attached hydrogen (secondary N) is 2. The summed E-state index contributed by atoms with van der Waals surface area (Å²) in [6, 6.07) is 8.25. The standard InChI is InChI=1S/C20H16FN7/c1-11-15(21)2-3-18(27-11)20(23)14(7-22)16-4-5-17-19(28-16)6-12(8-24-17)13-9-25-26-10-13/h2-10,22H,23H2,1H3,(H,25,26)/b20-14+,22-7?. The maximum absolute atomic E-state index is 13.5. The summed E-state index contributed by atoms with van der Waals surface area (Å²) in [5.41, 5.74) is 11.2. The zero-order valence-electron chi connectivity index (χ0n) is 14.9. The van der Waals surface area contributed by atoms with Gasteiger partial charge in [0.1, 0.15) is 5.82 Å². The van der Waals surface area contributed by atoms with Gasteiger partial charge >= 0.3 is 0 Å². The molecule has 7 nitrogen and oxygen atoms in total. The lowest BCUT2D eigenvalue weighted by Gasteiger charge is -2.09. The van der Waals surface area contributed by atoms with Gasteiger partial charge in [0.05, 0.1) is 40.0 Å². The van der Waals surface area contributed by atoms with Crippen LogP contribution in [-0.4, -0.2) is 31.4 Å². The van der Waals surface area contributed by atoms with Crippen LogP contribution < -0.4 is 5.73 Å². The first-order valence-corrected chi connectivity index (χ1v) is 8.47. The fraction of sp³-hybridized carbons (Fsp3) is 0.0500. The molecule has 0 radical (unpaired) electrons. The molecule has 0 aliphatic rings. The normalized spacial score (nSPS) is 12.1. The van der Waals surface area contributed by atoms with Gasteiger partial charge in [-0.25, -0.2) is 14.4 Å². The van der Waals surface area contributed by atoms with E-state index < -0.39 is 5.82 Å². The lowest BCUT2D eigenvalue weighted by molar-refractivity contribution is 0.609. The van der Waals surface area contributed by atoms with E-state index in [0.717, 1.165) is 22.9 Å². The molecule has 0 saturated heterocycles. The van der Waals surface area contributed by atoms with Gasteiger partial charge in [-0.3, -0.25) is 10.1 Å². The third kappa shape index (κ3) is 3.11. The average molecular weight is 373 g/mol. The van der Waals surface area contributed by atoms with Gasteiger partial charge < -0.3 is 11.1 Å². The number of rotatable bonds is 4. The van der Waals surface area contributed by atoms with Crippen molar-refractivity contribution in [2.24, 2.45) is 5.73 Å². The largest absolute Gasteiger partial charge is 0.396 e. The highest BCUT2D eigenvalue weighted by atomic mass is 19.1. The van der Waals surface area contributed by atoms with E-state index in [9.17, 15) is 4.39 Å². The molecule has 4 rings (SSSR count). The van der Waals surface area contributed by atoms with Crippen molar-refractivity contribution in [3.8, 4) is 11.1 Å². The predicted molar refractivity (Wildman–Crippen MR) is 106 cm³/mol. The molecule has 0 spiro atoms. The molecule has 8 heteroatoms. The highest BCUT2D eigenvalue weighted by molar-refractivity contribution is 6.17. The molecule has 0 unspecified atom stereocenters. The van der Waals surface area contributed by atoms with Crippen LogP contribution in [0.5, 0.6) is 0 Å². The molecule has 0 atom stereocenters. The molecule has 0 saturated carbocycles. The van der Waals surface area contributed by atoms with Crippen LogP contribution in [0.2, 0.25) is 0 Å². The summed E-state index contributed by atoms with van der Waals surface area (Å²) in [5.74, 6) is -0.408. The summed E-state index contributed by atoms with van der Waals surface area (Å²) in [7, 11) is 0. The number of H-pyrrole nitrogens is 1. The summed E-state index contributed by atoms with van der Waals surface area (Å²) >= 11 is 0. The van der Waals surface area contributed by atoms with Gasteiger partial charge in [-0.1, -0.05) is 0 Å². The Morgan fingerprint density at radius 1 is 1.07 bits per heavy atom. The number of nitrogens with two attached hydrogens (primary N) is 1. The number of fused-ring (bicyclic) bond motifs is 1. The molecule has 0 amide bonds. The van der Waals surface area contributed by atoms with Gasteiger partial charge in [-0.15, -0.1) is 0 Å². The summed E-state index contributed by atoms with van der Waals surface area (Å²) < 4.78 is 13.5. The summed E-state index contributed by atoms with van der Waals surface area (Å²) in [6.07, 6.45) is 6.35. The van der Waals surface area contributed by atoms with Crippen molar-refractivity contribution in [1.82, 2.24) is 25.1 Å². The van der Waals surface area contributed by atoms with E-state index in [1.807, 2.05) is 12.1 Å². The zero-order valence-corrected chi connectivity index (χ0v) is 14.9. The molecule has 138 valence electrons. The van der Waals surface area contributed by atoms with Crippen molar-refractivity contribution in [2.45, 2.75) is 6.92 Å². The van der Waals surface area contributed by atoms with Gasteiger partial charge in [-0.05, 0) is 37.3 Å². The van der Waals surface area contributed by atoms with Crippen molar-refractivity contribution in [3.05, 3.63) is 71.8 Å². The van der Waals surface area contributed by atoms with Crippen molar-refractivity contribution >= 4 is 28.5 Å².